The van der Waals surface area contributed by atoms with Crippen LogP contribution < -0.4 is 0 Å². The zero-order valence-electron chi connectivity index (χ0n) is 21.1. The van der Waals surface area contributed by atoms with Crippen LogP contribution in [-0.4, -0.2) is 28.1 Å². The summed E-state index contributed by atoms with van der Waals surface area (Å²) in [5.74, 6) is -0.345. The van der Waals surface area contributed by atoms with E-state index in [9.17, 15) is 15.0 Å². The van der Waals surface area contributed by atoms with Crippen molar-refractivity contribution in [2.24, 2.45) is 5.92 Å². The normalized spacial score (nSPS) is 17.8. The summed E-state index contributed by atoms with van der Waals surface area (Å²) in [6, 6.07) is 11.5. The summed E-state index contributed by atoms with van der Waals surface area (Å²) in [7, 11) is 1.76. The largest absolute Gasteiger partial charge is 0.507 e. The van der Waals surface area contributed by atoms with Crippen molar-refractivity contribution < 1.29 is 15.0 Å². The molecule has 2 atom stereocenters. The van der Waals surface area contributed by atoms with E-state index in [1.54, 1.807) is 18.0 Å². The van der Waals surface area contributed by atoms with Crippen LogP contribution in [0.3, 0.4) is 0 Å². The average Bonchev–Trinajstić information content (AvgIpc) is 2.79. The van der Waals surface area contributed by atoms with Gasteiger partial charge in [0.05, 0.1) is 5.56 Å². The quantitative estimate of drug-likeness (QED) is 0.309. The molecule has 0 fully saturated rings. The Morgan fingerprint density at radius 3 is 2.53 bits per heavy atom. The van der Waals surface area contributed by atoms with Crippen LogP contribution in [0.25, 0.3) is 0 Å². The van der Waals surface area contributed by atoms with Gasteiger partial charge in [0.15, 0.2) is 0 Å². The van der Waals surface area contributed by atoms with Crippen molar-refractivity contribution in [3.8, 4) is 11.5 Å². The van der Waals surface area contributed by atoms with Crippen molar-refractivity contribution in [3.05, 3.63) is 82.5 Å². The number of carbonyl (C=O) groups is 1. The molecule has 0 heterocycles. The Hall–Kier alpha value is -3.01. The second kappa shape index (κ2) is 11.4. The molecule has 0 spiro atoms. The number of rotatable bonds is 9. The molecule has 2 N–H and O–H groups in total. The van der Waals surface area contributed by atoms with Gasteiger partial charge in [0.25, 0.3) is 5.91 Å². The summed E-state index contributed by atoms with van der Waals surface area (Å²) in [5, 5.41) is 22.7. The van der Waals surface area contributed by atoms with Crippen molar-refractivity contribution in [2.45, 2.75) is 71.8 Å². The molecule has 0 aliphatic heterocycles. The number of allylic oxidation sites excluding steroid dienone is 3. The first kappa shape index (κ1) is 25.6. The molecule has 1 aliphatic rings. The minimum absolute atomic E-state index is 0.0634. The summed E-state index contributed by atoms with van der Waals surface area (Å²) >= 11 is 0. The average molecular weight is 462 g/mol. The molecule has 0 bridgehead atoms. The summed E-state index contributed by atoms with van der Waals surface area (Å²) in [6.07, 6.45) is 7.62. The van der Waals surface area contributed by atoms with Gasteiger partial charge in [-0.2, -0.15) is 0 Å². The first-order chi connectivity index (χ1) is 16.2. The van der Waals surface area contributed by atoms with Gasteiger partial charge < -0.3 is 15.1 Å². The predicted molar refractivity (Wildman–Crippen MR) is 139 cm³/mol. The van der Waals surface area contributed by atoms with Crippen LogP contribution in [0.15, 0.2) is 60.2 Å². The molecule has 34 heavy (non-hydrogen) atoms. The van der Waals surface area contributed by atoms with Crippen LogP contribution in [-0.2, 0) is 13.0 Å². The molecular weight excluding hydrogens is 422 g/mol. The number of carbonyl (C=O) groups excluding carboxylic acids is 1. The molecule has 0 saturated carbocycles. The zero-order valence-corrected chi connectivity index (χ0v) is 21.1. The van der Waals surface area contributed by atoms with Crippen molar-refractivity contribution in [3.63, 3.8) is 0 Å². The number of aryl methyl sites for hydroxylation is 1. The lowest BCUT2D eigenvalue weighted by molar-refractivity contribution is 0.0780. The number of hydrogen-bond acceptors (Lipinski definition) is 3. The van der Waals surface area contributed by atoms with E-state index in [1.807, 2.05) is 37.3 Å². The lowest BCUT2D eigenvalue weighted by Gasteiger charge is -2.32. The molecule has 1 aliphatic carbocycles. The molecule has 0 aromatic heterocycles. The topological polar surface area (TPSA) is 60.8 Å². The molecule has 2 unspecified atom stereocenters. The maximum absolute atomic E-state index is 13.7. The number of hydrogen-bond donors (Lipinski definition) is 2. The first-order valence-electron chi connectivity index (χ1n) is 12.4. The summed E-state index contributed by atoms with van der Waals surface area (Å²) in [5.41, 5.74) is 4.75. The number of unbranched alkanes of at least 4 members (excludes halogenated alkanes) is 2. The zero-order chi connectivity index (χ0) is 24.8. The Morgan fingerprint density at radius 2 is 1.88 bits per heavy atom. The summed E-state index contributed by atoms with van der Waals surface area (Å²) < 4.78 is 0. The fraction of sp³-hybridized carbons (Fsp3) is 0.433. The predicted octanol–water partition coefficient (Wildman–Crippen LogP) is 7.12. The highest BCUT2D eigenvalue weighted by atomic mass is 16.3. The molecular formula is C30H39NO3. The Bertz CT molecular complexity index is 1050. The SMILES string of the molecule is C=C(C)C1CCC(C)=CC1c1c(O)cc(CCCCC)c(C(=O)N(C)Cc2ccccc2)c1O. The molecule has 1 amide bonds. The third kappa shape index (κ3) is 5.72. The van der Waals surface area contributed by atoms with Gasteiger partial charge in [-0.25, -0.2) is 0 Å². The smallest absolute Gasteiger partial charge is 0.257 e. The molecule has 4 nitrogen and oxygen atoms in total. The van der Waals surface area contributed by atoms with E-state index in [1.165, 1.54) is 5.57 Å². The third-order valence-electron chi connectivity index (χ3n) is 6.99. The molecule has 4 heteroatoms. The molecule has 182 valence electrons. The Labute approximate surface area is 204 Å². The van der Waals surface area contributed by atoms with Crippen LogP contribution >= 0.6 is 0 Å². The Balaban J connectivity index is 2.09. The molecule has 0 saturated heterocycles. The number of benzene rings is 2. The van der Waals surface area contributed by atoms with E-state index in [2.05, 4.69) is 26.5 Å². The third-order valence-corrected chi connectivity index (χ3v) is 6.99. The van der Waals surface area contributed by atoms with Crippen LogP contribution in [0.1, 0.15) is 85.8 Å². The van der Waals surface area contributed by atoms with E-state index in [4.69, 9.17) is 0 Å². The van der Waals surface area contributed by atoms with E-state index in [0.29, 0.717) is 29.7 Å². The number of phenols is 2. The Kier molecular flexibility index (Phi) is 8.60. The fourth-order valence-corrected chi connectivity index (χ4v) is 5.08. The lowest BCUT2D eigenvalue weighted by Crippen LogP contribution is -2.28. The van der Waals surface area contributed by atoms with Crippen molar-refractivity contribution in [1.82, 2.24) is 4.90 Å². The second-order valence-corrected chi connectivity index (χ2v) is 9.83. The minimum Gasteiger partial charge on any atom is -0.507 e. The lowest BCUT2D eigenvalue weighted by atomic mass is 9.73. The van der Waals surface area contributed by atoms with Gasteiger partial charge in [0.2, 0.25) is 0 Å². The summed E-state index contributed by atoms with van der Waals surface area (Å²) in [6.45, 7) is 10.8. The standard InChI is InChI=1S/C30H39NO3/c1-6-7-9-14-23-18-26(32)28(25-17-21(4)15-16-24(25)20(2)3)29(33)27(23)30(34)31(5)19-22-12-10-8-11-13-22/h8,10-13,17-18,24-25,32-33H,2,6-7,9,14-16,19H2,1,3-5H3. The van der Waals surface area contributed by atoms with Crippen molar-refractivity contribution >= 4 is 5.91 Å². The van der Waals surface area contributed by atoms with E-state index < -0.39 is 0 Å². The maximum atomic E-state index is 13.7. The van der Waals surface area contributed by atoms with Gasteiger partial charge >= 0.3 is 0 Å². The van der Waals surface area contributed by atoms with Crippen molar-refractivity contribution in [2.75, 3.05) is 7.05 Å². The van der Waals surface area contributed by atoms with Gasteiger partial charge in [-0.15, -0.1) is 0 Å². The van der Waals surface area contributed by atoms with Crippen LogP contribution in [0.5, 0.6) is 11.5 Å². The van der Waals surface area contributed by atoms with E-state index in [-0.39, 0.29) is 29.2 Å². The van der Waals surface area contributed by atoms with E-state index in [0.717, 1.165) is 43.2 Å². The number of aromatic hydroxyl groups is 2. The van der Waals surface area contributed by atoms with Crippen LogP contribution in [0.2, 0.25) is 0 Å². The highest BCUT2D eigenvalue weighted by Crippen LogP contribution is 2.48. The maximum Gasteiger partial charge on any atom is 0.257 e. The second-order valence-electron chi connectivity index (χ2n) is 9.83. The summed E-state index contributed by atoms with van der Waals surface area (Å²) in [4.78, 5) is 15.3. The van der Waals surface area contributed by atoms with Gasteiger partial charge in [0, 0.05) is 25.1 Å². The van der Waals surface area contributed by atoms with E-state index >= 15 is 0 Å². The van der Waals surface area contributed by atoms with Crippen LogP contribution in [0.4, 0.5) is 0 Å². The monoisotopic (exact) mass is 461 g/mol. The van der Waals surface area contributed by atoms with Gasteiger partial charge in [-0.3, -0.25) is 4.79 Å². The molecule has 0 radical (unpaired) electrons. The Morgan fingerprint density at radius 1 is 1.18 bits per heavy atom. The van der Waals surface area contributed by atoms with Crippen LogP contribution in [0, 0.1) is 5.92 Å². The minimum atomic E-state index is -0.225. The van der Waals surface area contributed by atoms with Gasteiger partial charge in [0.1, 0.15) is 11.5 Å². The number of nitrogens with zero attached hydrogens (tertiary/aromatic N) is 1. The number of phenolic OH excluding ortho intramolecular Hbond substituents is 2. The molecule has 2 aromatic rings. The molecule has 2 aromatic carbocycles. The molecule has 3 rings (SSSR count). The highest BCUT2D eigenvalue weighted by molar-refractivity contribution is 5.99. The first-order valence-corrected chi connectivity index (χ1v) is 12.4. The fourth-order valence-electron chi connectivity index (χ4n) is 5.08. The van der Waals surface area contributed by atoms with Crippen molar-refractivity contribution in [1.29, 1.82) is 0 Å². The highest BCUT2D eigenvalue weighted by Gasteiger charge is 2.33. The van der Waals surface area contributed by atoms with Gasteiger partial charge in [-0.05, 0) is 62.6 Å². The van der Waals surface area contributed by atoms with Gasteiger partial charge in [-0.1, -0.05) is 73.9 Å². The number of amides is 1.